The third-order valence-electron chi connectivity index (χ3n) is 4.63. The minimum Gasteiger partial charge on any atom is -0.298 e. The molecule has 0 spiro atoms. The van der Waals surface area contributed by atoms with Gasteiger partial charge in [0.1, 0.15) is 5.75 Å². The summed E-state index contributed by atoms with van der Waals surface area (Å²) in [6.45, 7) is 6.35. The summed E-state index contributed by atoms with van der Waals surface area (Å²) < 4.78 is 27.2. The standard InChI is InChI=1S/C21H24N4O3S/c1-4-25-20(18-6-5-11-22-13-18)23-24-21(25)29(27,28)14-19(26)12-16-7-9-17(10-8-16)15(2)3/h5-11,13,15H,4,12,14H2,1-3H3. The van der Waals surface area contributed by atoms with Crippen LogP contribution in [0.2, 0.25) is 0 Å². The number of pyridine rings is 1. The van der Waals surface area contributed by atoms with Crippen molar-refractivity contribution in [2.75, 3.05) is 5.75 Å². The molecule has 8 heteroatoms. The second-order valence-corrected chi connectivity index (χ2v) is 9.05. The van der Waals surface area contributed by atoms with Crippen molar-refractivity contribution < 1.29 is 13.2 Å². The summed E-state index contributed by atoms with van der Waals surface area (Å²) in [4.78, 5) is 16.5. The van der Waals surface area contributed by atoms with Crippen LogP contribution in [-0.4, -0.2) is 39.7 Å². The van der Waals surface area contributed by atoms with Gasteiger partial charge in [-0.1, -0.05) is 38.1 Å². The fourth-order valence-electron chi connectivity index (χ4n) is 3.09. The first-order valence-corrected chi connectivity index (χ1v) is 11.1. The Labute approximate surface area is 170 Å². The molecule has 0 bridgehead atoms. The molecular formula is C21H24N4O3S. The number of hydrogen-bond acceptors (Lipinski definition) is 6. The molecule has 7 nitrogen and oxygen atoms in total. The van der Waals surface area contributed by atoms with Crippen molar-refractivity contribution in [2.24, 2.45) is 0 Å². The molecule has 0 saturated heterocycles. The zero-order valence-corrected chi connectivity index (χ0v) is 17.6. The van der Waals surface area contributed by atoms with E-state index in [2.05, 4.69) is 29.0 Å². The molecule has 0 atom stereocenters. The third-order valence-corrected chi connectivity index (χ3v) is 6.19. The van der Waals surface area contributed by atoms with Gasteiger partial charge in [-0.05, 0) is 36.1 Å². The second-order valence-electron chi connectivity index (χ2n) is 7.16. The largest absolute Gasteiger partial charge is 0.298 e. The molecule has 0 amide bonds. The first-order chi connectivity index (χ1) is 13.8. The summed E-state index contributed by atoms with van der Waals surface area (Å²) in [7, 11) is -3.91. The van der Waals surface area contributed by atoms with Crippen LogP contribution < -0.4 is 0 Å². The number of aromatic nitrogens is 4. The van der Waals surface area contributed by atoms with Crippen LogP contribution in [-0.2, 0) is 27.6 Å². The molecule has 3 rings (SSSR count). The smallest absolute Gasteiger partial charge is 0.250 e. The molecule has 2 aromatic heterocycles. The molecule has 29 heavy (non-hydrogen) atoms. The van der Waals surface area contributed by atoms with Gasteiger partial charge in [0.2, 0.25) is 15.0 Å². The summed E-state index contributed by atoms with van der Waals surface area (Å²) >= 11 is 0. The van der Waals surface area contributed by atoms with E-state index >= 15 is 0 Å². The van der Waals surface area contributed by atoms with E-state index in [9.17, 15) is 13.2 Å². The van der Waals surface area contributed by atoms with Crippen molar-refractivity contribution in [2.45, 2.75) is 44.8 Å². The molecule has 3 aromatic rings. The first-order valence-electron chi connectivity index (χ1n) is 9.48. The first kappa shape index (κ1) is 20.9. The molecule has 0 aliphatic heterocycles. The van der Waals surface area contributed by atoms with Gasteiger partial charge < -0.3 is 0 Å². The average molecular weight is 413 g/mol. The number of carbonyl (C=O) groups is 1. The lowest BCUT2D eigenvalue weighted by Crippen LogP contribution is -2.21. The normalized spacial score (nSPS) is 11.7. The minimum atomic E-state index is -3.91. The minimum absolute atomic E-state index is 0.0628. The van der Waals surface area contributed by atoms with Gasteiger partial charge in [0, 0.05) is 30.9 Å². The SMILES string of the molecule is CCn1c(-c2cccnc2)nnc1S(=O)(=O)CC(=O)Cc1ccc(C(C)C)cc1. The number of ketones is 1. The fourth-order valence-corrected chi connectivity index (χ4v) is 4.46. The van der Waals surface area contributed by atoms with E-state index in [4.69, 9.17) is 0 Å². The van der Waals surface area contributed by atoms with Gasteiger partial charge in [-0.2, -0.15) is 0 Å². The molecule has 0 aliphatic rings. The molecule has 0 radical (unpaired) electrons. The maximum absolute atomic E-state index is 12.8. The monoisotopic (exact) mass is 412 g/mol. The number of nitrogens with zero attached hydrogens (tertiary/aromatic N) is 4. The quantitative estimate of drug-likeness (QED) is 0.564. The van der Waals surface area contributed by atoms with E-state index in [1.165, 1.54) is 10.1 Å². The Morgan fingerprint density at radius 1 is 1.10 bits per heavy atom. The Morgan fingerprint density at radius 2 is 1.83 bits per heavy atom. The highest BCUT2D eigenvalue weighted by atomic mass is 32.2. The molecular weight excluding hydrogens is 388 g/mol. The Balaban J connectivity index is 1.79. The number of carbonyl (C=O) groups excluding carboxylic acids is 1. The highest BCUT2D eigenvalue weighted by Crippen LogP contribution is 2.21. The summed E-state index contributed by atoms with van der Waals surface area (Å²) in [5.41, 5.74) is 2.63. The maximum Gasteiger partial charge on any atom is 0.250 e. The van der Waals surface area contributed by atoms with Crippen LogP contribution in [0.4, 0.5) is 0 Å². The summed E-state index contributed by atoms with van der Waals surface area (Å²) in [6, 6.07) is 11.2. The second kappa shape index (κ2) is 8.65. The zero-order valence-electron chi connectivity index (χ0n) is 16.7. The predicted octanol–water partition coefficient (Wildman–Crippen LogP) is 3.07. The van der Waals surface area contributed by atoms with E-state index < -0.39 is 15.6 Å². The number of rotatable bonds is 8. The third kappa shape index (κ3) is 4.76. The molecule has 0 N–H and O–H groups in total. The summed E-state index contributed by atoms with van der Waals surface area (Å²) in [6.07, 6.45) is 3.28. The summed E-state index contributed by atoms with van der Waals surface area (Å²) in [5, 5.41) is 7.70. The van der Waals surface area contributed by atoms with Crippen molar-refractivity contribution in [1.29, 1.82) is 0 Å². The van der Waals surface area contributed by atoms with Crippen molar-refractivity contribution in [3.8, 4) is 11.4 Å². The Morgan fingerprint density at radius 3 is 2.41 bits per heavy atom. The number of sulfone groups is 1. The zero-order chi connectivity index (χ0) is 21.0. The molecule has 2 heterocycles. The van der Waals surface area contributed by atoms with Gasteiger partial charge >= 0.3 is 0 Å². The molecule has 0 saturated carbocycles. The van der Waals surface area contributed by atoms with Crippen LogP contribution >= 0.6 is 0 Å². The maximum atomic E-state index is 12.8. The molecule has 0 aliphatic carbocycles. The lowest BCUT2D eigenvalue weighted by molar-refractivity contribution is -0.116. The molecule has 0 unspecified atom stereocenters. The topological polar surface area (TPSA) is 94.8 Å². The van der Waals surface area contributed by atoms with Gasteiger partial charge in [-0.3, -0.25) is 14.3 Å². The van der Waals surface area contributed by atoms with Gasteiger partial charge in [0.15, 0.2) is 11.6 Å². The van der Waals surface area contributed by atoms with Gasteiger partial charge in [-0.25, -0.2) is 8.42 Å². The van der Waals surface area contributed by atoms with Crippen LogP contribution in [0.15, 0.2) is 53.9 Å². The van der Waals surface area contributed by atoms with Crippen molar-refractivity contribution in [3.05, 3.63) is 59.9 Å². The molecule has 1 aromatic carbocycles. The van der Waals surface area contributed by atoms with Crippen LogP contribution in [0.25, 0.3) is 11.4 Å². The van der Waals surface area contributed by atoms with E-state index in [1.807, 2.05) is 24.3 Å². The van der Waals surface area contributed by atoms with Gasteiger partial charge in [0.05, 0.1) is 0 Å². The van der Waals surface area contributed by atoms with Crippen LogP contribution in [0, 0.1) is 0 Å². The number of hydrogen-bond donors (Lipinski definition) is 0. The van der Waals surface area contributed by atoms with Gasteiger partial charge in [0.25, 0.3) is 0 Å². The highest BCUT2D eigenvalue weighted by Gasteiger charge is 2.27. The fraction of sp³-hybridized carbons (Fsp3) is 0.333. The Bertz CT molecular complexity index is 1090. The van der Waals surface area contributed by atoms with Crippen molar-refractivity contribution in [1.82, 2.24) is 19.7 Å². The van der Waals surface area contributed by atoms with E-state index in [1.54, 1.807) is 31.5 Å². The van der Waals surface area contributed by atoms with Gasteiger partial charge in [-0.15, -0.1) is 10.2 Å². The van der Waals surface area contributed by atoms with Crippen LogP contribution in [0.1, 0.15) is 37.8 Å². The van der Waals surface area contributed by atoms with E-state index in [0.717, 1.165) is 5.56 Å². The van der Waals surface area contributed by atoms with E-state index in [-0.39, 0.29) is 17.4 Å². The predicted molar refractivity (Wildman–Crippen MR) is 110 cm³/mol. The Kier molecular flexibility index (Phi) is 6.22. The van der Waals surface area contributed by atoms with E-state index in [0.29, 0.717) is 23.9 Å². The highest BCUT2D eigenvalue weighted by molar-refractivity contribution is 7.92. The lowest BCUT2D eigenvalue weighted by Gasteiger charge is -2.09. The Hall–Kier alpha value is -2.87. The summed E-state index contributed by atoms with van der Waals surface area (Å²) in [5.74, 6) is -0.175. The number of benzene rings is 1. The van der Waals surface area contributed by atoms with Crippen molar-refractivity contribution in [3.63, 3.8) is 0 Å². The average Bonchev–Trinajstić information content (AvgIpc) is 3.13. The lowest BCUT2D eigenvalue weighted by atomic mass is 10.0. The molecule has 0 fully saturated rings. The molecule has 152 valence electrons. The van der Waals surface area contributed by atoms with Crippen molar-refractivity contribution >= 4 is 15.6 Å². The number of Topliss-reactive ketones (excluding diaryl/α,β-unsaturated/α-hetero) is 1. The van der Waals surface area contributed by atoms with Crippen LogP contribution in [0.3, 0.4) is 0 Å². The van der Waals surface area contributed by atoms with Crippen LogP contribution in [0.5, 0.6) is 0 Å².